The minimum Gasteiger partial charge on any atom is -0.478 e. The van der Waals surface area contributed by atoms with E-state index in [1.807, 2.05) is 0 Å². The standard InChI is InChI=1S/C11H12N2O5S/c14-11(15)7-5-9(13(16)17)10(12-6-7)19-8-1-3-18-4-2-8/h5-6,8H,1-4H2,(H,14,15). The summed E-state index contributed by atoms with van der Waals surface area (Å²) in [6.07, 6.45) is 2.77. The molecule has 0 saturated carbocycles. The van der Waals surface area contributed by atoms with Crippen LogP contribution in [-0.4, -0.2) is 39.4 Å². The quantitative estimate of drug-likeness (QED) is 0.665. The van der Waals surface area contributed by atoms with Crippen LogP contribution in [0.2, 0.25) is 0 Å². The van der Waals surface area contributed by atoms with Crippen LogP contribution in [-0.2, 0) is 4.74 Å². The Morgan fingerprint density at radius 1 is 1.53 bits per heavy atom. The number of hydrogen-bond donors (Lipinski definition) is 1. The number of carboxylic acids is 1. The Labute approximate surface area is 113 Å². The fourth-order valence-corrected chi connectivity index (χ4v) is 2.84. The number of nitrogens with zero attached hydrogens (tertiary/aromatic N) is 2. The SMILES string of the molecule is O=C(O)c1cnc(SC2CCOCC2)c([N+](=O)[O-])c1. The lowest BCUT2D eigenvalue weighted by molar-refractivity contribution is -0.388. The number of pyridine rings is 1. The van der Waals surface area contributed by atoms with Gasteiger partial charge in [-0.05, 0) is 12.8 Å². The zero-order chi connectivity index (χ0) is 13.8. The largest absolute Gasteiger partial charge is 0.478 e. The molecule has 102 valence electrons. The van der Waals surface area contributed by atoms with Crippen LogP contribution in [0.5, 0.6) is 0 Å². The second-order valence-corrected chi connectivity index (χ2v) is 5.33. The second kappa shape index (κ2) is 5.98. The van der Waals surface area contributed by atoms with Crippen molar-refractivity contribution in [1.82, 2.24) is 4.98 Å². The summed E-state index contributed by atoms with van der Waals surface area (Å²) in [5.74, 6) is -1.22. The Balaban J connectivity index is 2.23. The van der Waals surface area contributed by atoms with E-state index < -0.39 is 10.9 Å². The van der Waals surface area contributed by atoms with Crippen molar-refractivity contribution in [3.63, 3.8) is 0 Å². The molecule has 1 saturated heterocycles. The summed E-state index contributed by atoms with van der Waals surface area (Å²) >= 11 is 1.31. The molecule has 0 unspecified atom stereocenters. The lowest BCUT2D eigenvalue weighted by Crippen LogP contribution is -2.17. The third-order valence-corrected chi connectivity index (χ3v) is 4.07. The molecule has 1 N–H and O–H groups in total. The molecule has 0 amide bonds. The van der Waals surface area contributed by atoms with Crippen LogP contribution in [0.1, 0.15) is 23.2 Å². The van der Waals surface area contributed by atoms with E-state index in [0.717, 1.165) is 25.1 Å². The molecule has 8 heteroatoms. The summed E-state index contributed by atoms with van der Waals surface area (Å²) < 4.78 is 5.22. The first-order valence-electron chi connectivity index (χ1n) is 5.70. The number of thioether (sulfide) groups is 1. The van der Waals surface area contributed by atoms with Gasteiger partial charge in [-0.2, -0.15) is 0 Å². The van der Waals surface area contributed by atoms with Gasteiger partial charge < -0.3 is 9.84 Å². The van der Waals surface area contributed by atoms with Gasteiger partial charge in [0, 0.05) is 30.7 Å². The van der Waals surface area contributed by atoms with E-state index in [4.69, 9.17) is 9.84 Å². The summed E-state index contributed by atoms with van der Waals surface area (Å²) in [7, 11) is 0. The fourth-order valence-electron chi connectivity index (χ4n) is 1.73. The zero-order valence-electron chi connectivity index (χ0n) is 9.94. The monoisotopic (exact) mass is 284 g/mol. The number of aromatic carboxylic acids is 1. The van der Waals surface area contributed by atoms with E-state index in [0.29, 0.717) is 13.2 Å². The molecule has 0 aromatic carbocycles. The first-order valence-corrected chi connectivity index (χ1v) is 6.58. The molecule has 0 bridgehead atoms. The highest BCUT2D eigenvalue weighted by molar-refractivity contribution is 8.00. The molecular formula is C11H12N2O5S. The van der Waals surface area contributed by atoms with Crippen molar-refractivity contribution in [3.05, 3.63) is 27.9 Å². The third-order valence-electron chi connectivity index (χ3n) is 2.72. The van der Waals surface area contributed by atoms with Gasteiger partial charge in [0.1, 0.15) is 0 Å². The number of aromatic nitrogens is 1. The molecule has 0 spiro atoms. The maximum Gasteiger partial charge on any atom is 0.337 e. The van der Waals surface area contributed by atoms with Crippen LogP contribution in [0, 0.1) is 10.1 Å². The van der Waals surface area contributed by atoms with Crippen LogP contribution >= 0.6 is 11.8 Å². The highest BCUT2D eigenvalue weighted by Gasteiger charge is 2.23. The average Bonchev–Trinajstić information content (AvgIpc) is 2.39. The molecule has 1 aromatic heterocycles. The summed E-state index contributed by atoms with van der Waals surface area (Å²) in [5.41, 5.74) is -0.431. The van der Waals surface area contributed by atoms with Gasteiger partial charge in [0.05, 0.1) is 10.5 Å². The fraction of sp³-hybridized carbons (Fsp3) is 0.455. The summed E-state index contributed by atoms with van der Waals surface area (Å²) in [6, 6.07) is 1.05. The van der Waals surface area contributed by atoms with E-state index in [1.54, 1.807) is 0 Å². The van der Waals surface area contributed by atoms with Gasteiger partial charge in [-0.25, -0.2) is 9.78 Å². The highest BCUT2D eigenvalue weighted by Crippen LogP contribution is 2.34. The zero-order valence-corrected chi connectivity index (χ0v) is 10.8. The molecule has 1 aliphatic heterocycles. The average molecular weight is 284 g/mol. The van der Waals surface area contributed by atoms with Crippen molar-refractivity contribution in [3.8, 4) is 0 Å². The first-order chi connectivity index (χ1) is 9.08. The number of nitro groups is 1. The maximum absolute atomic E-state index is 11.0. The molecule has 1 aliphatic rings. The summed E-state index contributed by atoms with van der Waals surface area (Å²) in [6.45, 7) is 1.28. The predicted octanol–water partition coefficient (Wildman–Crippen LogP) is 1.96. The molecule has 7 nitrogen and oxygen atoms in total. The topological polar surface area (TPSA) is 103 Å². The molecule has 19 heavy (non-hydrogen) atoms. The van der Waals surface area contributed by atoms with Gasteiger partial charge in [0.2, 0.25) is 0 Å². The lowest BCUT2D eigenvalue weighted by Gasteiger charge is -2.20. The molecule has 1 fully saturated rings. The van der Waals surface area contributed by atoms with Gasteiger partial charge in [-0.15, -0.1) is 0 Å². The van der Waals surface area contributed by atoms with Gasteiger partial charge in [0.25, 0.3) is 0 Å². The predicted molar refractivity (Wildman–Crippen MR) is 67.5 cm³/mol. The Bertz CT molecular complexity index is 502. The van der Waals surface area contributed by atoms with Crippen molar-refractivity contribution in [2.75, 3.05) is 13.2 Å². The molecule has 1 aromatic rings. The van der Waals surface area contributed by atoms with Crippen LogP contribution in [0.15, 0.2) is 17.3 Å². The van der Waals surface area contributed by atoms with E-state index in [9.17, 15) is 14.9 Å². The molecular weight excluding hydrogens is 272 g/mol. The van der Waals surface area contributed by atoms with Crippen LogP contribution in [0.3, 0.4) is 0 Å². The minimum absolute atomic E-state index is 0.178. The Kier molecular flexibility index (Phi) is 4.33. The van der Waals surface area contributed by atoms with E-state index in [2.05, 4.69) is 4.98 Å². The van der Waals surface area contributed by atoms with Crippen molar-refractivity contribution in [2.45, 2.75) is 23.1 Å². The number of carboxylic acid groups (broad SMARTS) is 1. The van der Waals surface area contributed by atoms with Crippen molar-refractivity contribution < 1.29 is 19.6 Å². The molecule has 2 rings (SSSR count). The van der Waals surface area contributed by atoms with E-state index in [-0.39, 0.29) is 21.5 Å². The number of rotatable bonds is 4. The Morgan fingerprint density at radius 2 is 2.21 bits per heavy atom. The number of ether oxygens (including phenoxy) is 1. The van der Waals surface area contributed by atoms with Crippen molar-refractivity contribution in [2.24, 2.45) is 0 Å². The van der Waals surface area contributed by atoms with Gasteiger partial charge in [0.15, 0.2) is 5.03 Å². The van der Waals surface area contributed by atoms with Crippen molar-refractivity contribution >= 4 is 23.4 Å². The van der Waals surface area contributed by atoms with E-state index in [1.165, 1.54) is 11.8 Å². The van der Waals surface area contributed by atoms with Crippen molar-refractivity contribution in [1.29, 1.82) is 0 Å². The molecule has 0 aliphatic carbocycles. The molecule has 2 heterocycles. The Hall–Kier alpha value is -1.67. The number of hydrogen-bond acceptors (Lipinski definition) is 6. The summed E-state index contributed by atoms with van der Waals surface area (Å²) in [4.78, 5) is 25.1. The molecule has 0 atom stereocenters. The minimum atomic E-state index is -1.22. The highest BCUT2D eigenvalue weighted by atomic mass is 32.2. The smallest absolute Gasteiger partial charge is 0.337 e. The van der Waals surface area contributed by atoms with E-state index >= 15 is 0 Å². The van der Waals surface area contributed by atoms with Crippen LogP contribution < -0.4 is 0 Å². The normalized spacial score (nSPS) is 16.2. The van der Waals surface area contributed by atoms with Gasteiger partial charge >= 0.3 is 11.7 Å². The van der Waals surface area contributed by atoms with Crippen LogP contribution in [0.4, 0.5) is 5.69 Å². The first kappa shape index (κ1) is 13.8. The summed E-state index contributed by atoms with van der Waals surface area (Å²) in [5, 5.41) is 20.3. The maximum atomic E-state index is 11.0. The second-order valence-electron chi connectivity index (χ2n) is 4.04. The molecule has 0 radical (unpaired) electrons. The van der Waals surface area contributed by atoms with Gasteiger partial charge in [-0.3, -0.25) is 10.1 Å². The van der Waals surface area contributed by atoms with Gasteiger partial charge in [-0.1, -0.05) is 11.8 Å². The lowest BCUT2D eigenvalue weighted by atomic mass is 10.2. The third kappa shape index (κ3) is 3.42. The van der Waals surface area contributed by atoms with Crippen LogP contribution in [0.25, 0.3) is 0 Å². The number of carbonyl (C=O) groups is 1. The Morgan fingerprint density at radius 3 is 2.79 bits per heavy atom.